The molecular formula is C14H16N4O4. The molecule has 22 heavy (non-hydrogen) atoms. The van der Waals surface area contributed by atoms with Gasteiger partial charge in [-0.25, -0.2) is 0 Å². The number of hydrogen-bond donors (Lipinski definition) is 1. The van der Waals surface area contributed by atoms with Crippen LogP contribution in [0.1, 0.15) is 18.4 Å². The zero-order valence-electron chi connectivity index (χ0n) is 11.8. The molecule has 0 saturated carbocycles. The number of ether oxygens (including phenoxy) is 1. The van der Waals surface area contributed by atoms with Crippen molar-refractivity contribution in [3.05, 3.63) is 40.8 Å². The molecule has 0 bridgehead atoms. The Morgan fingerprint density at radius 2 is 2.05 bits per heavy atom. The predicted molar refractivity (Wildman–Crippen MR) is 76.3 cm³/mol. The van der Waals surface area contributed by atoms with Crippen molar-refractivity contribution in [3.8, 4) is 6.19 Å². The van der Waals surface area contributed by atoms with Crippen molar-refractivity contribution in [2.75, 3.05) is 6.54 Å². The molecule has 1 aromatic rings. The summed E-state index contributed by atoms with van der Waals surface area (Å²) in [6.07, 6.45) is 1.86. The molecule has 0 fully saturated rings. The number of carbonyl (C=O) groups excluding carboxylic acids is 2. The van der Waals surface area contributed by atoms with E-state index in [1.54, 1.807) is 30.5 Å². The van der Waals surface area contributed by atoms with E-state index >= 15 is 0 Å². The van der Waals surface area contributed by atoms with E-state index in [-0.39, 0.29) is 26.0 Å². The molecule has 0 spiro atoms. The fourth-order valence-corrected chi connectivity index (χ4v) is 1.76. The summed E-state index contributed by atoms with van der Waals surface area (Å²) in [5.74, 6) is -2.64. The maximum atomic E-state index is 11.9. The summed E-state index contributed by atoms with van der Waals surface area (Å²) in [5, 5.41) is 11.6. The molecule has 8 heteroatoms. The Kier molecular flexibility index (Phi) is 7.05. The van der Waals surface area contributed by atoms with Crippen LogP contribution in [0, 0.1) is 22.3 Å². The van der Waals surface area contributed by atoms with E-state index in [4.69, 9.17) is 15.7 Å². The quantitative estimate of drug-likeness (QED) is 0.182. The van der Waals surface area contributed by atoms with E-state index in [1.807, 2.05) is 6.07 Å². The Bertz CT molecular complexity index is 556. The van der Waals surface area contributed by atoms with Gasteiger partial charge in [0.1, 0.15) is 12.5 Å². The summed E-state index contributed by atoms with van der Waals surface area (Å²) in [6, 6.07) is 9.01. The van der Waals surface area contributed by atoms with Crippen LogP contribution in [0.4, 0.5) is 0 Å². The van der Waals surface area contributed by atoms with Crippen molar-refractivity contribution in [2.45, 2.75) is 19.4 Å². The van der Waals surface area contributed by atoms with Gasteiger partial charge in [-0.2, -0.15) is 10.3 Å². The number of nitrogens with zero attached hydrogens (tertiary/aromatic N) is 3. The van der Waals surface area contributed by atoms with Gasteiger partial charge in [-0.3, -0.25) is 9.59 Å². The van der Waals surface area contributed by atoms with E-state index in [9.17, 15) is 14.5 Å². The summed E-state index contributed by atoms with van der Waals surface area (Å²) in [7, 11) is 0. The first-order valence-electron chi connectivity index (χ1n) is 6.59. The number of nitriles is 1. The first-order valence-corrected chi connectivity index (χ1v) is 6.59. The third kappa shape index (κ3) is 5.58. The molecule has 8 nitrogen and oxygen atoms in total. The van der Waals surface area contributed by atoms with E-state index in [0.29, 0.717) is 5.01 Å². The maximum Gasteiger partial charge on any atom is 0.318 e. The molecule has 1 unspecified atom stereocenters. The number of rotatable bonds is 9. The highest BCUT2D eigenvalue weighted by Crippen LogP contribution is 2.11. The second-order valence-electron chi connectivity index (χ2n) is 4.50. The van der Waals surface area contributed by atoms with Gasteiger partial charge in [0.15, 0.2) is 0 Å². The topological polar surface area (TPSA) is 126 Å². The molecular weight excluding hydrogens is 288 g/mol. The van der Waals surface area contributed by atoms with Crippen molar-refractivity contribution < 1.29 is 14.3 Å². The SMILES string of the molecule is N#CN(CCCC(C(N)=O)C(=O)OCc1ccccc1)N=O. The number of nitrogens with two attached hydrogens (primary N) is 1. The van der Waals surface area contributed by atoms with Crippen molar-refractivity contribution in [1.82, 2.24) is 5.01 Å². The van der Waals surface area contributed by atoms with E-state index in [2.05, 4.69) is 5.29 Å². The van der Waals surface area contributed by atoms with Crippen LogP contribution in [-0.2, 0) is 20.9 Å². The van der Waals surface area contributed by atoms with Gasteiger partial charge in [0.25, 0.3) is 0 Å². The Hall–Kier alpha value is -2.95. The lowest BCUT2D eigenvalue weighted by Crippen LogP contribution is -2.32. The van der Waals surface area contributed by atoms with Crippen molar-refractivity contribution >= 4 is 11.9 Å². The minimum absolute atomic E-state index is 0.00967. The number of amides is 1. The molecule has 1 atom stereocenters. The lowest BCUT2D eigenvalue weighted by molar-refractivity contribution is -0.153. The van der Waals surface area contributed by atoms with Crippen LogP contribution >= 0.6 is 0 Å². The minimum atomic E-state index is -1.11. The van der Waals surface area contributed by atoms with Crippen LogP contribution < -0.4 is 5.73 Å². The molecule has 1 amide bonds. The van der Waals surface area contributed by atoms with Gasteiger partial charge in [0.2, 0.25) is 12.1 Å². The number of esters is 1. The van der Waals surface area contributed by atoms with Crippen LogP contribution in [0.5, 0.6) is 0 Å². The monoisotopic (exact) mass is 304 g/mol. The highest BCUT2D eigenvalue weighted by atomic mass is 16.5. The Morgan fingerprint density at radius 1 is 1.36 bits per heavy atom. The van der Waals surface area contributed by atoms with Gasteiger partial charge in [-0.15, -0.1) is 4.91 Å². The smallest absolute Gasteiger partial charge is 0.318 e. The highest BCUT2D eigenvalue weighted by molar-refractivity contribution is 5.96. The number of primary amides is 1. The third-order valence-electron chi connectivity index (χ3n) is 2.93. The van der Waals surface area contributed by atoms with Crippen LogP contribution in [0.2, 0.25) is 0 Å². The summed E-state index contributed by atoms with van der Waals surface area (Å²) >= 11 is 0. The summed E-state index contributed by atoms with van der Waals surface area (Å²) in [5.41, 5.74) is 5.98. The molecule has 0 aromatic heterocycles. The average Bonchev–Trinajstić information content (AvgIpc) is 2.53. The van der Waals surface area contributed by atoms with E-state index in [1.165, 1.54) is 0 Å². The van der Waals surface area contributed by atoms with Gasteiger partial charge in [-0.1, -0.05) is 30.3 Å². The third-order valence-corrected chi connectivity index (χ3v) is 2.93. The molecule has 2 N–H and O–H groups in total. The van der Waals surface area contributed by atoms with Crippen LogP contribution in [0.3, 0.4) is 0 Å². The van der Waals surface area contributed by atoms with E-state index < -0.39 is 17.8 Å². The summed E-state index contributed by atoms with van der Waals surface area (Å²) in [6.45, 7) is 0.0550. The zero-order valence-corrected chi connectivity index (χ0v) is 11.8. The van der Waals surface area contributed by atoms with Gasteiger partial charge in [0.05, 0.1) is 11.8 Å². The zero-order chi connectivity index (χ0) is 16.4. The maximum absolute atomic E-state index is 11.9. The molecule has 116 valence electrons. The fourth-order valence-electron chi connectivity index (χ4n) is 1.76. The lowest BCUT2D eigenvalue weighted by Gasteiger charge is -2.13. The van der Waals surface area contributed by atoms with E-state index in [0.717, 1.165) is 5.56 Å². The standard InChI is InChI=1S/C14H16N4O4/c15-10-18(17-21)8-4-7-12(13(16)19)14(20)22-9-11-5-2-1-3-6-11/h1-3,5-6,12H,4,7-9H2,(H2,16,19). The van der Waals surface area contributed by atoms with Crippen LogP contribution in [-0.4, -0.2) is 23.4 Å². The van der Waals surface area contributed by atoms with Crippen LogP contribution in [0.25, 0.3) is 0 Å². The molecule has 0 saturated heterocycles. The fraction of sp³-hybridized carbons (Fsp3) is 0.357. The van der Waals surface area contributed by atoms with Crippen molar-refractivity contribution in [3.63, 3.8) is 0 Å². The van der Waals surface area contributed by atoms with Gasteiger partial charge >= 0.3 is 5.97 Å². The van der Waals surface area contributed by atoms with Crippen molar-refractivity contribution in [2.24, 2.45) is 16.9 Å². The Morgan fingerprint density at radius 3 is 2.59 bits per heavy atom. The predicted octanol–water partition coefficient (Wildman–Crippen LogP) is 1.08. The summed E-state index contributed by atoms with van der Waals surface area (Å²) in [4.78, 5) is 33.4. The Labute approximate surface area is 127 Å². The molecule has 1 aromatic carbocycles. The number of hydrogen-bond acceptors (Lipinski definition) is 6. The molecule has 0 radical (unpaired) electrons. The first kappa shape index (κ1) is 17.1. The normalized spacial score (nSPS) is 11.0. The minimum Gasteiger partial charge on any atom is -0.460 e. The number of nitroso groups, excluding NO2 is 1. The lowest BCUT2D eigenvalue weighted by atomic mass is 10.0. The van der Waals surface area contributed by atoms with Gasteiger partial charge < -0.3 is 10.5 Å². The molecule has 0 aliphatic heterocycles. The molecule has 0 heterocycles. The second kappa shape index (κ2) is 9.07. The largest absolute Gasteiger partial charge is 0.460 e. The van der Waals surface area contributed by atoms with Gasteiger partial charge in [0, 0.05) is 0 Å². The van der Waals surface area contributed by atoms with Crippen molar-refractivity contribution in [1.29, 1.82) is 5.26 Å². The second-order valence-corrected chi connectivity index (χ2v) is 4.50. The Balaban J connectivity index is 2.48. The van der Waals surface area contributed by atoms with Gasteiger partial charge in [-0.05, 0) is 18.4 Å². The molecule has 0 aliphatic carbocycles. The highest BCUT2D eigenvalue weighted by Gasteiger charge is 2.25. The molecule has 1 rings (SSSR count). The van der Waals surface area contributed by atoms with Crippen LogP contribution in [0.15, 0.2) is 35.6 Å². The first-order chi connectivity index (χ1) is 10.6. The summed E-state index contributed by atoms with van der Waals surface area (Å²) < 4.78 is 5.06. The average molecular weight is 304 g/mol. The number of carbonyl (C=O) groups is 2. The molecule has 0 aliphatic rings. The number of benzene rings is 1.